The van der Waals surface area contributed by atoms with Gasteiger partial charge in [-0.25, -0.2) is 13.1 Å². The van der Waals surface area contributed by atoms with Crippen molar-refractivity contribution in [1.29, 1.82) is 0 Å². The van der Waals surface area contributed by atoms with Gasteiger partial charge in [0, 0.05) is 10.9 Å². The van der Waals surface area contributed by atoms with E-state index in [1.165, 1.54) is 0 Å². The van der Waals surface area contributed by atoms with Crippen molar-refractivity contribution in [2.75, 3.05) is 0 Å². The first-order chi connectivity index (χ1) is 7.90. The summed E-state index contributed by atoms with van der Waals surface area (Å²) in [4.78, 5) is 0.702. The van der Waals surface area contributed by atoms with Crippen LogP contribution in [0.3, 0.4) is 0 Å². The van der Waals surface area contributed by atoms with Gasteiger partial charge in [-0.1, -0.05) is 13.3 Å². The average molecular weight is 277 g/mol. The largest absolute Gasteiger partial charge is 0.391 e. The average Bonchev–Trinajstić information content (AvgIpc) is 2.59. The zero-order valence-electron chi connectivity index (χ0n) is 10.4. The molecule has 0 fully saturated rings. The molecular weight excluding hydrogens is 258 g/mol. The Balaban J connectivity index is 2.89. The molecule has 4 nitrogen and oxygen atoms in total. The van der Waals surface area contributed by atoms with E-state index in [2.05, 4.69) is 4.72 Å². The van der Waals surface area contributed by atoms with E-state index in [-0.39, 0.29) is 16.9 Å². The topological polar surface area (TPSA) is 66.4 Å². The highest BCUT2D eigenvalue weighted by atomic mass is 32.2. The van der Waals surface area contributed by atoms with E-state index in [9.17, 15) is 8.42 Å². The van der Waals surface area contributed by atoms with Crippen LogP contribution in [-0.4, -0.2) is 19.6 Å². The predicted octanol–water partition coefficient (Wildman–Crippen LogP) is 2.02. The summed E-state index contributed by atoms with van der Waals surface area (Å²) in [6.45, 7) is 5.56. The lowest BCUT2D eigenvalue weighted by Gasteiger charge is -2.11. The molecule has 0 amide bonds. The minimum absolute atomic E-state index is 0.0648. The molecule has 1 unspecified atom stereocenters. The molecule has 6 heteroatoms. The van der Waals surface area contributed by atoms with E-state index in [1.54, 1.807) is 13.0 Å². The molecule has 1 aromatic heterocycles. The van der Waals surface area contributed by atoms with Gasteiger partial charge in [0.2, 0.25) is 10.0 Å². The lowest BCUT2D eigenvalue weighted by molar-refractivity contribution is 0.285. The molecule has 98 valence electrons. The molecule has 1 atom stereocenters. The molecule has 0 saturated heterocycles. The summed E-state index contributed by atoms with van der Waals surface area (Å²) in [5.41, 5.74) is 0.820. The number of aliphatic hydroxyl groups excluding tert-OH is 1. The molecule has 0 aliphatic carbocycles. The second-order valence-corrected chi connectivity index (χ2v) is 7.22. The highest BCUT2D eigenvalue weighted by molar-refractivity contribution is 7.91. The molecule has 17 heavy (non-hydrogen) atoms. The van der Waals surface area contributed by atoms with Gasteiger partial charge in [0.1, 0.15) is 4.21 Å². The van der Waals surface area contributed by atoms with Crippen LogP contribution in [0.2, 0.25) is 0 Å². The SMILES string of the molecule is CCCC(C)NS(=O)(=O)c1cc(C)c(CO)s1. The molecule has 0 aromatic carbocycles. The van der Waals surface area contributed by atoms with Crippen molar-refractivity contribution in [2.45, 2.75) is 50.5 Å². The van der Waals surface area contributed by atoms with Crippen molar-refractivity contribution in [1.82, 2.24) is 4.72 Å². The second kappa shape index (κ2) is 5.95. The number of sulfonamides is 1. The summed E-state index contributed by atoms with van der Waals surface area (Å²) in [5, 5.41) is 9.06. The fourth-order valence-corrected chi connectivity index (χ4v) is 4.34. The van der Waals surface area contributed by atoms with E-state index in [0.29, 0.717) is 4.88 Å². The van der Waals surface area contributed by atoms with Crippen molar-refractivity contribution < 1.29 is 13.5 Å². The maximum absolute atomic E-state index is 12.0. The predicted molar refractivity (Wildman–Crippen MR) is 69.7 cm³/mol. The van der Waals surface area contributed by atoms with Crippen LogP contribution in [0.15, 0.2) is 10.3 Å². The molecule has 1 aromatic rings. The minimum atomic E-state index is -3.44. The van der Waals surface area contributed by atoms with Crippen molar-refractivity contribution in [2.24, 2.45) is 0 Å². The zero-order valence-corrected chi connectivity index (χ0v) is 12.0. The van der Waals surface area contributed by atoms with Crippen LogP contribution in [0.5, 0.6) is 0 Å². The third kappa shape index (κ3) is 3.77. The Morgan fingerprint density at radius 3 is 2.65 bits per heavy atom. The number of aliphatic hydroxyl groups is 1. The van der Waals surface area contributed by atoms with Crippen LogP contribution >= 0.6 is 11.3 Å². The number of hydrogen-bond acceptors (Lipinski definition) is 4. The summed E-state index contributed by atoms with van der Waals surface area (Å²) in [6, 6.07) is 1.54. The lowest BCUT2D eigenvalue weighted by atomic mass is 10.2. The normalized spacial score (nSPS) is 13.9. The van der Waals surface area contributed by atoms with Crippen LogP contribution in [0.4, 0.5) is 0 Å². The third-order valence-corrected chi connectivity index (χ3v) is 5.77. The Morgan fingerprint density at radius 1 is 1.53 bits per heavy atom. The molecule has 0 spiro atoms. The first kappa shape index (κ1) is 14.6. The molecule has 0 aliphatic rings. The highest BCUT2D eigenvalue weighted by Crippen LogP contribution is 2.26. The Bertz CT molecular complexity index is 465. The van der Waals surface area contributed by atoms with Crippen molar-refractivity contribution in [3.63, 3.8) is 0 Å². The molecule has 0 radical (unpaired) electrons. The molecule has 0 bridgehead atoms. The van der Waals surface area contributed by atoms with Crippen LogP contribution in [0, 0.1) is 6.92 Å². The fourth-order valence-electron chi connectivity index (χ4n) is 1.59. The van der Waals surface area contributed by atoms with Gasteiger partial charge in [0.15, 0.2) is 0 Å². The van der Waals surface area contributed by atoms with E-state index in [4.69, 9.17) is 5.11 Å². The quantitative estimate of drug-likeness (QED) is 0.836. The van der Waals surface area contributed by atoms with Crippen molar-refractivity contribution in [3.8, 4) is 0 Å². The summed E-state index contributed by atoms with van der Waals surface area (Å²) < 4.78 is 27.0. The fraction of sp³-hybridized carbons (Fsp3) is 0.636. The highest BCUT2D eigenvalue weighted by Gasteiger charge is 2.20. The summed E-state index contributed by atoms with van der Waals surface area (Å²) >= 11 is 1.13. The summed E-state index contributed by atoms with van der Waals surface area (Å²) in [7, 11) is -3.44. The standard InChI is InChI=1S/C11H19NO3S2/c1-4-5-9(3)12-17(14,15)11-6-8(2)10(7-13)16-11/h6,9,12-13H,4-5,7H2,1-3H3. The van der Waals surface area contributed by atoms with Crippen LogP contribution < -0.4 is 4.72 Å². The van der Waals surface area contributed by atoms with Crippen LogP contribution in [0.25, 0.3) is 0 Å². The Labute approximate surface area is 107 Å². The molecule has 0 aliphatic heterocycles. The Kier molecular flexibility index (Phi) is 5.12. The maximum Gasteiger partial charge on any atom is 0.250 e. The Morgan fingerprint density at radius 2 is 2.18 bits per heavy atom. The van der Waals surface area contributed by atoms with Gasteiger partial charge in [0.25, 0.3) is 0 Å². The van der Waals surface area contributed by atoms with Crippen molar-refractivity contribution >= 4 is 21.4 Å². The van der Waals surface area contributed by atoms with E-state index >= 15 is 0 Å². The van der Waals surface area contributed by atoms with Gasteiger partial charge in [0.05, 0.1) is 6.61 Å². The van der Waals surface area contributed by atoms with Gasteiger partial charge >= 0.3 is 0 Å². The van der Waals surface area contributed by atoms with Crippen LogP contribution in [-0.2, 0) is 16.6 Å². The minimum Gasteiger partial charge on any atom is -0.391 e. The molecule has 2 N–H and O–H groups in total. The maximum atomic E-state index is 12.0. The Hall–Kier alpha value is -0.430. The first-order valence-corrected chi connectivity index (χ1v) is 7.93. The molecular formula is C11H19NO3S2. The first-order valence-electron chi connectivity index (χ1n) is 5.63. The second-order valence-electron chi connectivity index (χ2n) is 4.14. The van der Waals surface area contributed by atoms with E-state index < -0.39 is 10.0 Å². The summed E-state index contributed by atoms with van der Waals surface area (Å²) in [5.74, 6) is 0. The van der Waals surface area contributed by atoms with E-state index in [0.717, 1.165) is 29.7 Å². The van der Waals surface area contributed by atoms with Gasteiger partial charge in [-0.05, 0) is 31.9 Å². The van der Waals surface area contributed by atoms with Gasteiger partial charge in [-0.3, -0.25) is 0 Å². The van der Waals surface area contributed by atoms with Gasteiger partial charge in [-0.15, -0.1) is 11.3 Å². The number of nitrogens with one attached hydrogen (secondary N) is 1. The van der Waals surface area contributed by atoms with Gasteiger partial charge in [-0.2, -0.15) is 0 Å². The number of hydrogen-bond donors (Lipinski definition) is 2. The zero-order chi connectivity index (χ0) is 13.1. The lowest BCUT2D eigenvalue weighted by Crippen LogP contribution is -2.31. The smallest absolute Gasteiger partial charge is 0.250 e. The molecule has 1 heterocycles. The summed E-state index contributed by atoms with van der Waals surface area (Å²) in [6.07, 6.45) is 1.76. The van der Waals surface area contributed by atoms with E-state index in [1.807, 2.05) is 13.8 Å². The molecule has 1 rings (SSSR count). The van der Waals surface area contributed by atoms with Crippen LogP contribution in [0.1, 0.15) is 37.1 Å². The third-order valence-electron chi connectivity index (χ3n) is 2.48. The number of rotatable bonds is 6. The number of thiophene rings is 1. The molecule has 0 saturated carbocycles. The van der Waals surface area contributed by atoms with Gasteiger partial charge < -0.3 is 5.11 Å². The number of aryl methyl sites for hydroxylation is 1. The van der Waals surface area contributed by atoms with Crippen molar-refractivity contribution in [3.05, 3.63) is 16.5 Å². The monoisotopic (exact) mass is 277 g/mol.